The molecule has 0 bridgehead atoms. The molecule has 2 N–H and O–H groups in total. The fourth-order valence-corrected chi connectivity index (χ4v) is 4.82. The molecule has 0 saturated heterocycles. The maximum atomic E-state index is 12.3. The van der Waals surface area contributed by atoms with Crippen LogP contribution in [0.4, 0.5) is 0 Å². The van der Waals surface area contributed by atoms with E-state index in [1.807, 2.05) is 30.0 Å². The van der Waals surface area contributed by atoms with Gasteiger partial charge in [0.15, 0.2) is 11.6 Å². The number of aromatic nitrogens is 1. The third-order valence-electron chi connectivity index (χ3n) is 4.82. The maximum Gasteiger partial charge on any atom is 0.275 e. The molecule has 0 saturated carbocycles. The number of hydrogen-bond donors (Lipinski definition) is 2. The summed E-state index contributed by atoms with van der Waals surface area (Å²) in [6, 6.07) is 17.0. The number of aryl methyl sites for hydroxylation is 1. The van der Waals surface area contributed by atoms with Crippen molar-refractivity contribution in [1.82, 2.24) is 10.3 Å². The number of likely N-dealkylation sites (N-methyl/N-ethyl adjacent to an activating group) is 1. The predicted molar refractivity (Wildman–Crippen MR) is 120 cm³/mol. The lowest BCUT2D eigenvalue weighted by molar-refractivity contribution is -0.902. The van der Waals surface area contributed by atoms with Gasteiger partial charge in [-0.25, -0.2) is 4.98 Å². The van der Waals surface area contributed by atoms with E-state index in [0.717, 1.165) is 26.9 Å². The Morgan fingerprint density at radius 2 is 1.96 bits per heavy atom. The second-order valence-electron chi connectivity index (χ2n) is 7.15. The van der Waals surface area contributed by atoms with Gasteiger partial charge in [0.25, 0.3) is 5.91 Å². The molecule has 1 aromatic heterocycles. The molecule has 4 nitrogen and oxygen atoms in total. The molecular formula is C22H28N3OS2+. The van der Waals surface area contributed by atoms with E-state index in [4.69, 9.17) is 4.98 Å². The van der Waals surface area contributed by atoms with Crippen LogP contribution in [0.3, 0.4) is 0 Å². The van der Waals surface area contributed by atoms with Gasteiger partial charge >= 0.3 is 0 Å². The van der Waals surface area contributed by atoms with Crippen LogP contribution in [0.25, 0.3) is 10.2 Å². The number of quaternary nitrogens is 1. The van der Waals surface area contributed by atoms with Crippen molar-refractivity contribution < 1.29 is 9.69 Å². The summed E-state index contributed by atoms with van der Waals surface area (Å²) in [6.07, 6.45) is 0. The molecule has 0 fully saturated rings. The second kappa shape index (κ2) is 10.0. The summed E-state index contributed by atoms with van der Waals surface area (Å²) in [5.41, 5.74) is 3.65. The fraction of sp³-hybridized carbons (Fsp3) is 0.364. The van der Waals surface area contributed by atoms with Gasteiger partial charge in [0.2, 0.25) is 0 Å². The Balaban J connectivity index is 1.38. The summed E-state index contributed by atoms with van der Waals surface area (Å²) in [5.74, 6) is 2.00. The second-order valence-corrected chi connectivity index (χ2v) is 9.32. The van der Waals surface area contributed by atoms with E-state index in [1.165, 1.54) is 15.8 Å². The van der Waals surface area contributed by atoms with Gasteiger partial charge in [0.05, 0.1) is 17.3 Å². The average Bonchev–Trinajstić information content (AvgIpc) is 3.12. The number of thioether (sulfide) groups is 1. The van der Waals surface area contributed by atoms with Crippen molar-refractivity contribution in [3.63, 3.8) is 0 Å². The minimum absolute atomic E-state index is 0.0985. The van der Waals surface area contributed by atoms with E-state index >= 15 is 0 Å². The lowest BCUT2D eigenvalue weighted by Gasteiger charge is -2.19. The third-order valence-corrected chi connectivity index (χ3v) is 7.07. The Hall–Kier alpha value is -1.89. The first kappa shape index (κ1) is 20.8. The summed E-state index contributed by atoms with van der Waals surface area (Å²) in [4.78, 5) is 18.2. The summed E-state index contributed by atoms with van der Waals surface area (Å²) < 4.78 is 1.20. The highest BCUT2D eigenvalue weighted by Crippen LogP contribution is 2.24. The highest BCUT2D eigenvalue weighted by Gasteiger charge is 2.21. The summed E-state index contributed by atoms with van der Waals surface area (Å²) in [6.45, 7) is 5.40. The van der Waals surface area contributed by atoms with Crippen molar-refractivity contribution in [3.8, 4) is 0 Å². The number of carbonyl (C=O) groups excluding carboxylic acids is 1. The summed E-state index contributed by atoms with van der Waals surface area (Å²) in [5, 5.41) is 4.13. The van der Waals surface area contributed by atoms with E-state index in [9.17, 15) is 4.79 Å². The Morgan fingerprint density at radius 3 is 2.71 bits per heavy atom. The minimum Gasteiger partial charge on any atom is -0.350 e. The van der Waals surface area contributed by atoms with Crippen LogP contribution in [0.1, 0.15) is 29.1 Å². The average molecular weight is 415 g/mol. The van der Waals surface area contributed by atoms with Gasteiger partial charge in [-0.15, -0.1) is 11.3 Å². The van der Waals surface area contributed by atoms with Gasteiger partial charge in [-0.05, 0) is 31.5 Å². The quantitative estimate of drug-likeness (QED) is 0.529. The number of carbonyl (C=O) groups is 1. The maximum absolute atomic E-state index is 12.3. The highest BCUT2D eigenvalue weighted by molar-refractivity contribution is 7.98. The molecule has 0 aliphatic rings. The smallest absolute Gasteiger partial charge is 0.275 e. The fourth-order valence-electron chi connectivity index (χ4n) is 2.89. The zero-order chi connectivity index (χ0) is 19.9. The molecule has 148 valence electrons. The van der Waals surface area contributed by atoms with Gasteiger partial charge in [-0.1, -0.05) is 42.0 Å². The topological polar surface area (TPSA) is 46.4 Å². The Labute approximate surface area is 175 Å². The van der Waals surface area contributed by atoms with E-state index in [0.29, 0.717) is 13.1 Å². The molecular weight excluding hydrogens is 386 g/mol. The van der Waals surface area contributed by atoms with Gasteiger partial charge in [0, 0.05) is 18.1 Å². The third kappa shape index (κ3) is 5.80. The van der Waals surface area contributed by atoms with Gasteiger partial charge in [0.1, 0.15) is 6.04 Å². The van der Waals surface area contributed by atoms with Crippen LogP contribution in [0.15, 0.2) is 48.5 Å². The molecule has 2 atom stereocenters. The molecule has 3 aromatic rings. The van der Waals surface area contributed by atoms with Gasteiger partial charge in [-0.2, -0.15) is 11.8 Å². The van der Waals surface area contributed by atoms with Crippen LogP contribution in [0.5, 0.6) is 0 Å². The molecule has 2 aromatic carbocycles. The Morgan fingerprint density at radius 1 is 1.21 bits per heavy atom. The number of rotatable bonds is 9. The van der Waals surface area contributed by atoms with Crippen LogP contribution in [0.2, 0.25) is 0 Å². The van der Waals surface area contributed by atoms with Crippen molar-refractivity contribution in [1.29, 1.82) is 0 Å². The van der Waals surface area contributed by atoms with E-state index in [-0.39, 0.29) is 11.9 Å². The van der Waals surface area contributed by atoms with E-state index in [1.54, 1.807) is 11.3 Å². The first-order chi connectivity index (χ1) is 13.5. The van der Waals surface area contributed by atoms with E-state index in [2.05, 4.69) is 56.5 Å². The van der Waals surface area contributed by atoms with Crippen molar-refractivity contribution in [2.24, 2.45) is 0 Å². The standard InChI is InChI=1S/C22H27N3OS2/c1-16-8-10-18(11-9-16)15-27-13-12-23-21(26)14-25(3)17(2)22-24-19-6-4-5-7-20(19)28-22/h4-11,17H,12-15H2,1-3H3,(H,23,26)/p+1/t17-/m0/s1. The SMILES string of the molecule is Cc1ccc(CSCCNC(=O)C[NH+](C)[C@@H](C)c2nc3ccccc3s2)cc1. The molecule has 0 spiro atoms. The number of nitrogens with one attached hydrogen (secondary N) is 2. The Bertz CT molecular complexity index is 875. The van der Waals surface area contributed by atoms with Gasteiger partial charge < -0.3 is 10.2 Å². The molecule has 0 aliphatic heterocycles. The normalized spacial score (nSPS) is 13.4. The first-order valence-electron chi connectivity index (χ1n) is 9.60. The lowest BCUT2D eigenvalue weighted by Crippen LogP contribution is -3.10. The highest BCUT2D eigenvalue weighted by atomic mass is 32.2. The number of hydrogen-bond acceptors (Lipinski definition) is 4. The molecule has 1 amide bonds. The molecule has 3 rings (SSSR count). The summed E-state index contributed by atoms with van der Waals surface area (Å²) >= 11 is 3.57. The van der Waals surface area contributed by atoms with Crippen LogP contribution in [-0.2, 0) is 10.5 Å². The molecule has 6 heteroatoms. The van der Waals surface area contributed by atoms with Crippen LogP contribution < -0.4 is 10.2 Å². The Kier molecular flexibility index (Phi) is 7.48. The molecule has 0 aliphatic carbocycles. The number of fused-ring (bicyclic) bond motifs is 1. The van der Waals surface area contributed by atoms with Crippen molar-refractivity contribution in [2.45, 2.75) is 25.6 Å². The van der Waals surface area contributed by atoms with Crippen LogP contribution >= 0.6 is 23.1 Å². The van der Waals surface area contributed by atoms with E-state index < -0.39 is 0 Å². The lowest BCUT2D eigenvalue weighted by atomic mass is 10.2. The van der Waals surface area contributed by atoms with Crippen LogP contribution in [-0.4, -0.2) is 36.8 Å². The predicted octanol–water partition coefficient (Wildman–Crippen LogP) is 3.23. The minimum atomic E-state index is 0.0985. The first-order valence-corrected chi connectivity index (χ1v) is 11.6. The zero-order valence-corrected chi connectivity index (χ0v) is 18.3. The molecule has 28 heavy (non-hydrogen) atoms. The molecule has 1 heterocycles. The number of para-hydroxylation sites is 1. The van der Waals surface area contributed by atoms with Crippen LogP contribution in [0, 0.1) is 6.92 Å². The molecule has 1 unspecified atom stereocenters. The summed E-state index contributed by atoms with van der Waals surface area (Å²) in [7, 11) is 2.06. The van der Waals surface area contributed by atoms with Crippen molar-refractivity contribution >= 4 is 39.2 Å². The van der Waals surface area contributed by atoms with Crippen molar-refractivity contribution in [3.05, 3.63) is 64.7 Å². The number of thiazole rings is 1. The largest absolute Gasteiger partial charge is 0.350 e. The monoisotopic (exact) mass is 414 g/mol. The zero-order valence-electron chi connectivity index (χ0n) is 16.7. The number of nitrogens with zero attached hydrogens (tertiary/aromatic N) is 1. The number of benzene rings is 2. The van der Waals surface area contributed by atoms with Gasteiger partial charge in [-0.3, -0.25) is 4.79 Å². The van der Waals surface area contributed by atoms with Crippen molar-refractivity contribution in [2.75, 3.05) is 25.9 Å². The molecule has 0 radical (unpaired) electrons. The number of amides is 1.